The zero-order chi connectivity index (χ0) is 55.9. The summed E-state index contributed by atoms with van der Waals surface area (Å²) in [5.41, 5.74) is 15.6. The molecule has 4 aliphatic heterocycles. The molecule has 6 nitrogen and oxygen atoms in total. The van der Waals surface area contributed by atoms with Gasteiger partial charge in [0.15, 0.2) is 23.1 Å². The van der Waals surface area contributed by atoms with Crippen LogP contribution in [0.1, 0.15) is 105 Å². The third-order valence-electron chi connectivity index (χ3n) is 16.3. The summed E-state index contributed by atoms with van der Waals surface area (Å²) in [6, 6.07) is 56.0. The van der Waals surface area contributed by atoms with Crippen LogP contribution in [0.5, 0.6) is 46.0 Å². The highest BCUT2D eigenvalue weighted by atomic mass is 19.1. The predicted molar refractivity (Wildman–Crippen MR) is 326 cm³/mol. The lowest BCUT2D eigenvalue weighted by Crippen LogP contribution is -2.65. The first-order valence-corrected chi connectivity index (χ1v) is 27.8. The van der Waals surface area contributed by atoms with Gasteiger partial charge in [0, 0.05) is 58.4 Å². The van der Waals surface area contributed by atoms with Crippen molar-refractivity contribution in [2.24, 2.45) is 0 Å². The van der Waals surface area contributed by atoms with E-state index in [0.29, 0.717) is 23.0 Å². The number of ether oxygens (including phenoxy) is 4. The quantitative estimate of drug-likeness (QED) is 0.155. The van der Waals surface area contributed by atoms with Gasteiger partial charge in [-0.1, -0.05) is 162 Å². The van der Waals surface area contributed by atoms with Gasteiger partial charge in [0.05, 0.1) is 0 Å². The lowest BCUT2D eigenvalue weighted by atomic mass is 9.29. The fraction of sp³-hybridized carbons (Fsp3) is 0.229. The first kappa shape index (κ1) is 51.2. The van der Waals surface area contributed by atoms with Crippen LogP contribution in [-0.4, -0.2) is 13.4 Å². The van der Waals surface area contributed by atoms with Crippen molar-refractivity contribution in [3.63, 3.8) is 0 Å². The topological polar surface area (TPSA) is 43.4 Å². The summed E-state index contributed by atoms with van der Waals surface area (Å²) in [6.45, 7) is 26.6. The van der Waals surface area contributed by atoms with Gasteiger partial charge in [-0.25, -0.2) is 8.78 Å². The molecule has 0 atom stereocenters. The minimum Gasteiger partial charge on any atom is -0.458 e. The molecule has 80 heavy (non-hydrogen) atoms. The normalized spacial score (nSPS) is 14.0. The molecule has 4 aliphatic rings. The summed E-state index contributed by atoms with van der Waals surface area (Å²) in [7, 11) is 0. The van der Waals surface area contributed by atoms with Gasteiger partial charge in [0.2, 0.25) is 0 Å². The van der Waals surface area contributed by atoms with Crippen LogP contribution in [0.15, 0.2) is 170 Å². The molecule has 0 saturated heterocycles. The van der Waals surface area contributed by atoms with E-state index in [4.69, 9.17) is 18.9 Å². The van der Waals surface area contributed by atoms with E-state index in [1.165, 1.54) is 34.4 Å². The summed E-state index contributed by atoms with van der Waals surface area (Å²) in [4.78, 5) is 4.65. The van der Waals surface area contributed by atoms with Crippen molar-refractivity contribution in [1.82, 2.24) is 0 Å². The molecule has 0 spiro atoms. The zero-order valence-corrected chi connectivity index (χ0v) is 47.6. The number of benzene rings is 9. The predicted octanol–water partition coefficient (Wildman–Crippen LogP) is 15.5. The summed E-state index contributed by atoms with van der Waals surface area (Å²) < 4.78 is 59.1. The maximum atomic E-state index is 15.7. The highest BCUT2D eigenvalue weighted by Crippen LogP contribution is 2.50. The van der Waals surface area contributed by atoms with Crippen molar-refractivity contribution in [1.29, 1.82) is 0 Å². The Morgan fingerprint density at radius 1 is 0.362 bits per heavy atom. The maximum absolute atomic E-state index is 15.7. The summed E-state index contributed by atoms with van der Waals surface area (Å²) in [5.74, 6) is 3.04. The molecule has 13 rings (SSSR count). The van der Waals surface area contributed by atoms with Crippen LogP contribution >= 0.6 is 0 Å². The van der Waals surface area contributed by atoms with Crippen LogP contribution in [0.4, 0.5) is 42.9 Å². The molecule has 9 aromatic carbocycles. The van der Waals surface area contributed by atoms with E-state index < -0.39 is 11.6 Å². The lowest BCUT2D eigenvalue weighted by Gasteiger charge is -2.45. The molecule has 4 heterocycles. The third-order valence-corrected chi connectivity index (χ3v) is 16.3. The highest BCUT2D eigenvalue weighted by molar-refractivity contribution is 7.02. The van der Waals surface area contributed by atoms with Crippen LogP contribution in [0, 0.1) is 11.6 Å². The van der Waals surface area contributed by atoms with Crippen molar-refractivity contribution in [2.45, 2.75) is 105 Å². The molecule has 0 unspecified atom stereocenters. The number of halogens is 2. The Balaban J connectivity index is 1.17. The Morgan fingerprint density at radius 3 is 1.09 bits per heavy atom. The van der Waals surface area contributed by atoms with Crippen LogP contribution in [0.2, 0.25) is 0 Å². The first-order chi connectivity index (χ1) is 38.0. The molecule has 0 aliphatic carbocycles. The number of hydrogen-bond acceptors (Lipinski definition) is 6. The third kappa shape index (κ3) is 8.44. The van der Waals surface area contributed by atoms with Crippen LogP contribution in [0.3, 0.4) is 0 Å². The Labute approximate surface area is 470 Å². The first-order valence-electron chi connectivity index (χ1n) is 27.8. The molecular weight excluding hydrogens is 992 g/mol. The average molecular weight is 1060 g/mol. The van der Waals surface area contributed by atoms with E-state index in [2.05, 4.69) is 178 Å². The Bertz CT molecular complexity index is 3750. The molecule has 9 aromatic rings. The number of hydrogen-bond donors (Lipinski definition) is 0. The molecule has 0 saturated carbocycles. The number of nitrogens with zero attached hydrogens (tertiary/aromatic N) is 2. The van der Waals surface area contributed by atoms with Crippen molar-refractivity contribution in [3.8, 4) is 46.0 Å². The lowest BCUT2D eigenvalue weighted by molar-refractivity contribution is 0.434. The van der Waals surface area contributed by atoms with Crippen molar-refractivity contribution in [3.05, 3.63) is 204 Å². The average Bonchev–Trinajstić information content (AvgIpc) is 3.58. The van der Waals surface area contributed by atoms with E-state index in [1.807, 2.05) is 36.4 Å². The molecule has 398 valence electrons. The second-order valence-corrected chi connectivity index (χ2v) is 26.0. The highest BCUT2D eigenvalue weighted by Gasteiger charge is 2.50. The molecule has 10 heteroatoms. The van der Waals surface area contributed by atoms with Crippen molar-refractivity contribution in [2.75, 3.05) is 9.80 Å². The smallest absolute Gasteiger partial charge is 0.256 e. The zero-order valence-electron chi connectivity index (χ0n) is 47.6. The van der Waals surface area contributed by atoms with E-state index in [1.54, 1.807) is 36.4 Å². The van der Waals surface area contributed by atoms with Crippen LogP contribution in [0.25, 0.3) is 0 Å². The number of anilines is 6. The second-order valence-electron chi connectivity index (χ2n) is 26.0. The summed E-state index contributed by atoms with van der Waals surface area (Å²) in [5, 5.41) is 0. The molecule has 0 bridgehead atoms. The van der Waals surface area contributed by atoms with Gasteiger partial charge in [0.1, 0.15) is 34.5 Å². The van der Waals surface area contributed by atoms with Gasteiger partial charge in [-0.3, -0.25) is 0 Å². The fourth-order valence-electron chi connectivity index (χ4n) is 12.4. The standard InChI is InChI=1S/C70H64B2F2N2O4/c1-67(2,3)41-31-47(69(7,8)9)63-59(33-41)79-61-37-45(77-57-29-21-19-27-51(57)73)35-55-65(61)71(63)49-39-50-54(40-53(49)75(55)43-23-15-13-16-24-43)76(44-25-17-14-18-26-44)56-36-46(78-58-30-22-20-28-52(58)74)38-62-66(56)72(50)64-48(70(10,11)12)32-42(68(4,5)6)34-60(64)80-62/h13-40H,1-12H3. The van der Waals surface area contributed by atoms with Gasteiger partial charge in [-0.15, -0.1) is 0 Å². The molecule has 0 fully saturated rings. The Kier molecular flexibility index (Phi) is 11.6. The van der Waals surface area contributed by atoms with Gasteiger partial charge in [-0.2, -0.15) is 0 Å². The van der Waals surface area contributed by atoms with Gasteiger partial charge in [0.25, 0.3) is 13.4 Å². The second kappa shape index (κ2) is 18.1. The SMILES string of the molecule is CC(C)(C)c1cc2c(c(C(C)(C)C)c1)B1c3cc4c(cc3N(c3ccccc3)c3cc(Oc5ccccc5F)cc(c31)O2)N(c1ccccc1)c1cc(Oc2ccccc2F)cc2c1B4c1c(cc(C(C)(C)C)cc1C(C)(C)C)O2. The number of para-hydroxylation sites is 4. The minimum absolute atomic E-state index is 0.116. The van der Waals surface area contributed by atoms with E-state index in [-0.39, 0.29) is 46.6 Å². The Hall–Kier alpha value is -8.23. The maximum Gasteiger partial charge on any atom is 0.256 e. The van der Waals surface area contributed by atoms with Crippen LogP contribution in [-0.2, 0) is 21.7 Å². The summed E-state index contributed by atoms with van der Waals surface area (Å²) >= 11 is 0. The van der Waals surface area contributed by atoms with Crippen molar-refractivity contribution < 1.29 is 27.7 Å². The Morgan fingerprint density at radius 2 is 0.725 bits per heavy atom. The molecule has 0 N–H and O–H groups in total. The number of fused-ring (bicyclic) bond motifs is 8. The van der Waals surface area contributed by atoms with E-state index >= 15 is 8.78 Å². The fourth-order valence-corrected chi connectivity index (χ4v) is 12.4. The van der Waals surface area contributed by atoms with Gasteiger partial charge >= 0.3 is 0 Å². The monoisotopic (exact) mass is 1060 g/mol. The molecular formula is C70H64B2F2N2O4. The van der Waals surface area contributed by atoms with Gasteiger partial charge < -0.3 is 28.7 Å². The van der Waals surface area contributed by atoms with E-state index in [9.17, 15) is 0 Å². The van der Waals surface area contributed by atoms with E-state index in [0.717, 1.165) is 78.4 Å². The largest absolute Gasteiger partial charge is 0.458 e. The summed E-state index contributed by atoms with van der Waals surface area (Å²) in [6.07, 6.45) is 0. The van der Waals surface area contributed by atoms with Crippen molar-refractivity contribution >= 4 is 80.3 Å². The van der Waals surface area contributed by atoms with Gasteiger partial charge in [-0.05, 0) is 143 Å². The number of rotatable bonds is 6. The molecule has 0 amide bonds. The van der Waals surface area contributed by atoms with Crippen LogP contribution < -0.4 is 61.5 Å². The molecule has 0 aromatic heterocycles. The minimum atomic E-state index is -0.463. The molecule has 0 radical (unpaired) electrons.